The molecule has 19 heavy (non-hydrogen) atoms. The van der Waals surface area contributed by atoms with E-state index in [2.05, 4.69) is 59.9 Å². The predicted octanol–water partition coefficient (Wildman–Crippen LogP) is 3.74. The number of aryl methyl sites for hydroxylation is 1. The first kappa shape index (κ1) is 15.0. The highest BCUT2D eigenvalue weighted by Gasteiger charge is 2.26. The van der Waals surface area contributed by atoms with Gasteiger partial charge in [-0.2, -0.15) is 0 Å². The van der Waals surface area contributed by atoms with Crippen molar-refractivity contribution in [3.05, 3.63) is 33.8 Å². The minimum Gasteiger partial charge on any atom is -0.327 e. The highest BCUT2D eigenvalue weighted by Crippen LogP contribution is 2.36. The van der Waals surface area contributed by atoms with Crippen LogP contribution in [0.2, 0.25) is 0 Å². The predicted molar refractivity (Wildman–Crippen MR) is 85.3 cm³/mol. The molecule has 3 heteroatoms. The average Bonchev–Trinajstić information content (AvgIpc) is 2.78. The van der Waals surface area contributed by atoms with Crippen molar-refractivity contribution in [2.75, 3.05) is 13.6 Å². The molecule has 0 spiro atoms. The molecule has 0 saturated carbocycles. The Bertz CT molecular complexity index is 431. The molecule has 2 rings (SSSR count). The van der Waals surface area contributed by atoms with E-state index in [1.54, 1.807) is 0 Å². The minimum absolute atomic E-state index is 0.313. The third kappa shape index (κ3) is 3.59. The molecular weight excluding hydrogens is 300 g/mol. The Hall–Kier alpha value is -0.380. The molecule has 1 aliphatic carbocycles. The van der Waals surface area contributed by atoms with Crippen LogP contribution in [0.25, 0.3) is 0 Å². The number of nitrogens with two attached hydrogens (primary N) is 1. The SMILES string of the molecule is CC(C)C(N)CCN(C)C1CCc2cc(Br)ccc21. The van der Waals surface area contributed by atoms with Crippen molar-refractivity contribution in [3.63, 3.8) is 0 Å². The Morgan fingerprint density at radius 3 is 2.84 bits per heavy atom. The van der Waals surface area contributed by atoms with Gasteiger partial charge in [0.1, 0.15) is 0 Å². The summed E-state index contributed by atoms with van der Waals surface area (Å²) in [4.78, 5) is 2.47. The van der Waals surface area contributed by atoms with Crippen LogP contribution in [0.15, 0.2) is 22.7 Å². The second-order valence-electron chi connectivity index (χ2n) is 6.07. The molecule has 0 radical (unpaired) electrons. The van der Waals surface area contributed by atoms with Crippen LogP contribution in [0.1, 0.15) is 43.9 Å². The fraction of sp³-hybridized carbons (Fsp3) is 0.625. The first-order valence-electron chi connectivity index (χ1n) is 7.23. The number of nitrogens with zero attached hydrogens (tertiary/aromatic N) is 1. The summed E-state index contributed by atoms with van der Waals surface area (Å²) in [5.74, 6) is 0.570. The summed E-state index contributed by atoms with van der Waals surface area (Å²) in [5.41, 5.74) is 9.15. The van der Waals surface area contributed by atoms with E-state index in [9.17, 15) is 0 Å². The highest BCUT2D eigenvalue weighted by molar-refractivity contribution is 9.10. The lowest BCUT2D eigenvalue weighted by Crippen LogP contribution is -2.33. The summed E-state index contributed by atoms with van der Waals surface area (Å²) >= 11 is 3.56. The Balaban J connectivity index is 1.97. The molecule has 0 fully saturated rings. The monoisotopic (exact) mass is 324 g/mol. The summed E-state index contributed by atoms with van der Waals surface area (Å²) in [6.07, 6.45) is 3.51. The maximum absolute atomic E-state index is 6.15. The summed E-state index contributed by atoms with van der Waals surface area (Å²) in [7, 11) is 2.23. The molecule has 2 N–H and O–H groups in total. The van der Waals surface area contributed by atoms with Gasteiger partial charge < -0.3 is 5.73 Å². The van der Waals surface area contributed by atoms with E-state index in [0.29, 0.717) is 18.0 Å². The van der Waals surface area contributed by atoms with Crippen molar-refractivity contribution < 1.29 is 0 Å². The fourth-order valence-electron chi connectivity index (χ4n) is 2.86. The molecule has 1 aromatic rings. The molecule has 1 aromatic carbocycles. The molecule has 2 atom stereocenters. The molecule has 0 heterocycles. The van der Waals surface area contributed by atoms with Crippen LogP contribution in [0.4, 0.5) is 0 Å². The van der Waals surface area contributed by atoms with Crippen molar-refractivity contribution in [1.29, 1.82) is 0 Å². The molecule has 2 nitrogen and oxygen atoms in total. The molecule has 0 amide bonds. The maximum atomic E-state index is 6.15. The van der Waals surface area contributed by atoms with Gasteiger partial charge in [-0.15, -0.1) is 0 Å². The van der Waals surface area contributed by atoms with Crippen LogP contribution in [0.3, 0.4) is 0 Å². The lowest BCUT2D eigenvalue weighted by Gasteiger charge is -2.27. The van der Waals surface area contributed by atoms with Gasteiger partial charge in [0.15, 0.2) is 0 Å². The van der Waals surface area contributed by atoms with Gasteiger partial charge in [-0.05, 0) is 62.0 Å². The highest BCUT2D eigenvalue weighted by atomic mass is 79.9. The molecule has 106 valence electrons. The molecule has 0 bridgehead atoms. The minimum atomic E-state index is 0.313. The Morgan fingerprint density at radius 1 is 1.42 bits per heavy atom. The van der Waals surface area contributed by atoms with Crippen LogP contribution in [-0.2, 0) is 6.42 Å². The van der Waals surface area contributed by atoms with E-state index >= 15 is 0 Å². The summed E-state index contributed by atoms with van der Waals surface area (Å²) in [6, 6.07) is 7.58. The van der Waals surface area contributed by atoms with Crippen LogP contribution < -0.4 is 5.73 Å². The zero-order chi connectivity index (χ0) is 14.0. The average molecular weight is 325 g/mol. The summed E-state index contributed by atoms with van der Waals surface area (Å²) < 4.78 is 1.19. The summed E-state index contributed by atoms with van der Waals surface area (Å²) in [5, 5.41) is 0. The zero-order valence-corrected chi connectivity index (χ0v) is 13.8. The molecular formula is C16H25BrN2. The first-order chi connectivity index (χ1) is 8.99. The van der Waals surface area contributed by atoms with E-state index in [1.807, 2.05) is 0 Å². The van der Waals surface area contributed by atoms with Gasteiger partial charge in [-0.1, -0.05) is 35.8 Å². The number of hydrogen-bond donors (Lipinski definition) is 1. The quantitative estimate of drug-likeness (QED) is 0.893. The molecule has 0 aliphatic heterocycles. The second-order valence-corrected chi connectivity index (χ2v) is 6.99. The van der Waals surface area contributed by atoms with Gasteiger partial charge in [-0.3, -0.25) is 4.90 Å². The van der Waals surface area contributed by atoms with Crippen molar-refractivity contribution in [2.24, 2.45) is 11.7 Å². The number of benzene rings is 1. The van der Waals surface area contributed by atoms with Crippen molar-refractivity contribution in [3.8, 4) is 0 Å². The number of rotatable bonds is 5. The number of halogens is 1. The number of fused-ring (bicyclic) bond motifs is 1. The Kier molecular flexibility index (Phi) is 5.04. The Labute approximate surface area is 125 Å². The van der Waals surface area contributed by atoms with Gasteiger partial charge >= 0.3 is 0 Å². The standard InChI is InChI=1S/C16H25BrN2/c1-11(2)15(18)8-9-19(3)16-7-4-12-10-13(17)5-6-14(12)16/h5-6,10-11,15-16H,4,7-9,18H2,1-3H3. The van der Waals surface area contributed by atoms with Crippen LogP contribution in [-0.4, -0.2) is 24.5 Å². The fourth-order valence-corrected chi connectivity index (χ4v) is 3.27. The van der Waals surface area contributed by atoms with Crippen LogP contribution in [0.5, 0.6) is 0 Å². The van der Waals surface area contributed by atoms with Crippen LogP contribution >= 0.6 is 15.9 Å². The van der Waals surface area contributed by atoms with Crippen LogP contribution in [0, 0.1) is 5.92 Å². The largest absolute Gasteiger partial charge is 0.327 e. The lowest BCUT2D eigenvalue weighted by atomic mass is 10.0. The van der Waals surface area contributed by atoms with Gasteiger partial charge in [0.2, 0.25) is 0 Å². The van der Waals surface area contributed by atoms with E-state index in [4.69, 9.17) is 5.73 Å². The van der Waals surface area contributed by atoms with Gasteiger partial charge in [0, 0.05) is 16.6 Å². The summed E-state index contributed by atoms with van der Waals surface area (Å²) in [6.45, 7) is 5.49. The van der Waals surface area contributed by atoms with E-state index in [0.717, 1.165) is 13.0 Å². The molecule has 0 aromatic heterocycles. The van der Waals surface area contributed by atoms with Crippen molar-refractivity contribution >= 4 is 15.9 Å². The van der Waals surface area contributed by atoms with E-state index in [1.165, 1.54) is 28.4 Å². The second kappa shape index (κ2) is 6.38. The topological polar surface area (TPSA) is 29.3 Å². The van der Waals surface area contributed by atoms with Gasteiger partial charge in [-0.25, -0.2) is 0 Å². The molecule has 2 unspecified atom stereocenters. The zero-order valence-electron chi connectivity index (χ0n) is 12.2. The Morgan fingerprint density at radius 2 is 2.16 bits per heavy atom. The van der Waals surface area contributed by atoms with Gasteiger partial charge in [0.25, 0.3) is 0 Å². The lowest BCUT2D eigenvalue weighted by molar-refractivity contribution is 0.228. The maximum Gasteiger partial charge on any atom is 0.0350 e. The van der Waals surface area contributed by atoms with Crippen molar-refractivity contribution in [2.45, 2.75) is 45.2 Å². The molecule has 0 saturated heterocycles. The van der Waals surface area contributed by atoms with E-state index in [-0.39, 0.29) is 0 Å². The normalized spacial score (nSPS) is 20.1. The molecule has 1 aliphatic rings. The third-order valence-electron chi connectivity index (χ3n) is 4.35. The first-order valence-corrected chi connectivity index (χ1v) is 8.02. The smallest absolute Gasteiger partial charge is 0.0350 e. The number of hydrogen-bond acceptors (Lipinski definition) is 2. The third-order valence-corrected chi connectivity index (χ3v) is 4.85. The van der Waals surface area contributed by atoms with E-state index < -0.39 is 0 Å². The van der Waals surface area contributed by atoms with Gasteiger partial charge in [0.05, 0.1) is 0 Å². The van der Waals surface area contributed by atoms with Crippen molar-refractivity contribution in [1.82, 2.24) is 4.90 Å².